The van der Waals surface area contributed by atoms with E-state index in [4.69, 9.17) is 16.3 Å². The van der Waals surface area contributed by atoms with E-state index >= 15 is 0 Å². The van der Waals surface area contributed by atoms with Crippen LogP contribution in [0.25, 0.3) is 10.2 Å². The predicted molar refractivity (Wildman–Crippen MR) is 73.6 cm³/mol. The van der Waals surface area contributed by atoms with Gasteiger partial charge in [0.25, 0.3) is 0 Å². The third kappa shape index (κ3) is 2.19. The molecule has 2 aromatic rings. The van der Waals surface area contributed by atoms with E-state index in [1.54, 1.807) is 11.3 Å². The number of ether oxygens (including phenoxy) is 1. The molecule has 0 amide bonds. The molecule has 0 aromatic carbocycles. The van der Waals surface area contributed by atoms with Crippen LogP contribution in [0.1, 0.15) is 4.88 Å². The van der Waals surface area contributed by atoms with Crippen molar-refractivity contribution in [3.8, 4) is 0 Å². The number of anilines is 1. The molecule has 2 aromatic heterocycles. The van der Waals surface area contributed by atoms with Crippen LogP contribution in [0.15, 0.2) is 12.1 Å². The number of nitrogens with zero attached hydrogens (tertiary/aromatic N) is 2. The highest BCUT2D eigenvalue weighted by molar-refractivity contribution is 7.19. The molecule has 4 nitrogen and oxygen atoms in total. The molecule has 1 aliphatic rings. The van der Waals surface area contributed by atoms with Gasteiger partial charge in [-0.15, -0.1) is 11.3 Å². The van der Waals surface area contributed by atoms with E-state index in [2.05, 4.69) is 9.88 Å². The molecule has 0 aliphatic carbocycles. The van der Waals surface area contributed by atoms with E-state index < -0.39 is 0 Å². The van der Waals surface area contributed by atoms with Gasteiger partial charge in [0.05, 0.1) is 35.7 Å². The molecule has 3 rings (SSSR count). The maximum absolute atomic E-state index is 9.23. The Bertz CT molecular complexity index is 566. The van der Waals surface area contributed by atoms with E-state index in [9.17, 15) is 5.11 Å². The summed E-state index contributed by atoms with van der Waals surface area (Å²) < 4.78 is 6.45. The third-order valence-corrected chi connectivity index (χ3v) is 4.31. The van der Waals surface area contributed by atoms with Crippen LogP contribution in [0.2, 0.25) is 5.15 Å². The van der Waals surface area contributed by atoms with Gasteiger partial charge < -0.3 is 14.7 Å². The molecule has 0 saturated carbocycles. The normalized spacial score (nSPS) is 16.4. The molecule has 18 heavy (non-hydrogen) atoms. The minimum Gasteiger partial charge on any atom is -0.391 e. The number of hydrogen-bond donors (Lipinski definition) is 1. The Balaban J connectivity index is 2.10. The summed E-state index contributed by atoms with van der Waals surface area (Å²) >= 11 is 7.64. The van der Waals surface area contributed by atoms with Crippen molar-refractivity contribution >= 4 is 38.8 Å². The first-order chi connectivity index (χ1) is 8.78. The second-order valence-electron chi connectivity index (χ2n) is 4.15. The average molecular weight is 285 g/mol. The minimum absolute atomic E-state index is 0.0429. The van der Waals surface area contributed by atoms with E-state index in [1.165, 1.54) is 0 Å². The Hall–Kier alpha value is -0.880. The smallest absolute Gasteiger partial charge is 0.131 e. The van der Waals surface area contributed by atoms with Gasteiger partial charge in [0, 0.05) is 24.0 Å². The zero-order valence-corrected chi connectivity index (χ0v) is 11.3. The standard InChI is InChI=1S/C12H13ClN2O2S/c13-11-6-10(15-1-3-17-4-2-15)12-9(14-11)5-8(7-16)18-12/h5-6,16H,1-4,7H2. The average Bonchev–Trinajstić information content (AvgIpc) is 2.81. The molecule has 0 spiro atoms. The second-order valence-corrected chi connectivity index (χ2v) is 5.67. The summed E-state index contributed by atoms with van der Waals surface area (Å²) in [6.07, 6.45) is 0. The second kappa shape index (κ2) is 5.01. The third-order valence-electron chi connectivity index (χ3n) is 2.99. The highest BCUT2D eigenvalue weighted by Gasteiger charge is 2.17. The molecule has 1 aliphatic heterocycles. The number of thiophene rings is 1. The Morgan fingerprint density at radius 1 is 1.39 bits per heavy atom. The lowest BCUT2D eigenvalue weighted by molar-refractivity contribution is 0.123. The number of aliphatic hydroxyl groups excluding tert-OH is 1. The highest BCUT2D eigenvalue weighted by Crippen LogP contribution is 2.35. The lowest BCUT2D eigenvalue weighted by Gasteiger charge is -2.29. The summed E-state index contributed by atoms with van der Waals surface area (Å²) in [6, 6.07) is 3.79. The van der Waals surface area contributed by atoms with Gasteiger partial charge in [-0.1, -0.05) is 11.6 Å². The zero-order chi connectivity index (χ0) is 12.5. The molecule has 1 N–H and O–H groups in total. The minimum atomic E-state index is 0.0429. The number of fused-ring (bicyclic) bond motifs is 1. The number of halogens is 1. The fraction of sp³-hybridized carbons (Fsp3) is 0.417. The van der Waals surface area contributed by atoms with Crippen molar-refractivity contribution in [3.05, 3.63) is 22.2 Å². The Kier molecular flexibility index (Phi) is 3.39. The summed E-state index contributed by atoms with van der Waals surface area (Å²) in [5.41, 5.74) is 1.95. The fourth-order valence-corrected chi connectivity index (χ4v) is 3.33. The lowest BCUT2D eigenvalue weighted by atomic mass is 10.3. The van der Waals surface area contributed by atoms with Crippen molar-refractivity contribution in [2.75, 3.05) is 31.2 Å². The summed E-state index contributed by atoms with van der Waals surface area (Å²) in [6.45, 7) is 3.24. The van der Waals surface area contributed by atoms with Crippen molar-refractivity contribution in [3.63, 3.8) is 0 Å². The molecule has 0 bridgehead atoms. The van der Waals surface area contributed by atoms with Gasteiger partial charge in [0.2, 0.25) is 0 Å². The highest BCUT2D eigenvalue weighted by atomic mass is 35.5. The van der Waals surface area contributed by atoms with Gasteiger partial charge in [0.1, 0.15) is 5.15 Å². The molecular weight excluding hydrogens is 272 g/mol. The molecule has 0 unspecified atom stereocenters. The van der Waals surface area contributed by atoms with Crippen molar-refractivity contribution in [2.45, 2.75) is 6.61 Å². The van der Waals surface area contributed by atoms with Gasteiger partial charge >= 0.3 is 0 Å². The molecule has 1 fully saturated rings. The summed E-state index contributed by atoms with van der Waals surface area (Å²) in [7, 11) is 0. The summed E-state index contributed by atoms with van der Waals surface area (Å²) in [4.78, 5) is 7.48. The van der Waals surface area contributed by atoms with E-state index in [1.807, 2.05) is 12.1 Å². The van der Waals surface area contributed by atoms with E-state index in [-0.39, 0.29) is 6.61 Å². The van der Waals surface area contributed by atoms with Crippen LogP contribution in [-0.4, -0.2) is 36.4 Å². The van der Waals surface area contributed by atoms with Crippen LogP contribution >= 0.6 is 22.9 Å². The lowest BCUT2D eigenvalue weighted by Crippen LogP contribution is -2.36. The van der Waals surface area contributed by atoms with Crippen LogP contribution in [0.3, 0.4) is 0 Å². The number of hydrogen-bond acceptors (Lipinski definition) is 5. The number of aromatic nitrogens is 1. The van der Waals surface area contributed by atoms with Crippen LogP contribution in [0.5, 0.6) is 0 Å². The quantitative estimate of drug-likeness (QED) is 0.860. The molecule has 3 heterocycles. The van der Waals surface area contributed by atoms with Crippen LogP contribution in [0.4, 0.5) is 5.69 Å². The zero-order valence-electron chi connectivity index (χ0n) is 9.73. The molecule has 96 valence electrons. The van der Waals surface area contributed by atoms with Crippen LogP contribution in [-0.2, 0) is 11.3 Å². The number of rotatable bonds is 2. The maximum atomic E-state index is 9.23. The number of aliphatic hydroxyl groups is 1. The Morgan fingerprint density at radius 2 is 2.17 bits per heavy atom. The first kappa shape index (κ1) is 12.2. The van der Waals surface area contributed by atoms with Crippen molar-refractivity contribution < 1.29 is 9.84 Å². The number of pyridine rings is 1. The first-order valence-corrected chi connectivity index (χ1v) is 7.00. The molecular formula is C12H13ClN2O2S. The fourth-order valence-electron chi connectivity index (χ4n) is 2.14. The van der Waals surface area contributed by atoms with Gasteiger partial charge in [-0.25, -0.2) is 4.98 Å². The van der Waals surface area contributed by atoms with Crippen molar-refractivity contribution in [1.82, 2.24) is 4.98 Å². The van der Waals surface area contributed by atoms with Gasteiger partial charge in [-0.05, 0) is 6.07 Å². The maximum Gasteiger partial charge on any atom is 0.131 e. The number of morpholine rings is 1. The van der Waals surface area contributed by atoms with Gasteiger partial charge in [0.15, 0.2) is 0 Å². The summed E-state index contributed by atoms with van der Waals surface area (Å²) in [5.74, 6) is 0. The van der Waals surface area contributed by atoms with Crippen molar-refractivity contribution in [1.29, 1.82) is 0 Å². The topological polar surface area (TPSA) is 45.6 Å². The van der Waals surface area contributed by atoms with Crippen LogP contribution < -0.4 is 4.90 Å². The van der Waals surface area contributed by atoms with E-state index in [0.29, 0.717) is 5.15 Å². The van der Waals surface area contributed by atoms with Gasteiger partial charge in [-0.2, -0.15) is 0 Å². The van der Waals surface area contributed by atoms with Crippen LogP contribution in [0, 0.1) is 0 Å². The Morgan fingerprint density at radius 3 is 2.89 bits per heavy atom. The van der Waals surface area contributed by atoms with Crippen molar-refractivity contribution in [2.24, 2.45) is 0 Å². The largest absolute Gasteiger partial charge is 0.391 e. The molecule has 0 radical (unpaired) electrons. The van der Waals surface area contributed by atoms with E-state index in [0.717, 1.165) is 47.1 Å². The predicted octanol–water partition coefficient (Wildman–Crippen LogP) is 2.28. The van der Waals surface area contributed by atoms with Gasteiger partial charge in [-0.3, -0.25) is 0 Å². The molecule has 1 saturated heterocycles. The summed E-state index contributed by atoms with van der Waals surface area (Å²) in [5, 5.41) is 9.72. The molecule has 6 heteroatoms. The first-order valence-electron chi connectivity index (χ1n) is 5.80. The Labute approximate surface area is 114 Å². The molecule has 0 atom stereocenters. The monoisotopic (exact) mass is 284 g/mol. The SMILES string of the molecule is OCc1cc2nc(Cl)cc(N3CCOCC3)c2s1.